The Balaban J connectivity index is 2.61. The first-order valence-electron chi connectivity index (χ1n) is 6.21. The Morgan fingerprint density at radius 2 is 1.84 bits per heavy atom. The lowest BCUT2D eigenvalue weighted by Gasteiger charge is -2.12. The maximum Gasteiger partial charge on any atom is 0.241 e. The number of benzene rings is 1. The summed E-state index contributed by atoms with van der Waals surface area (Å²) in [5.74, 6) is -0.329. The normalized spacial score (nSPS) is 13.0. The fraction of sp³-hybridized carbons (Fsp3) is 0.462. The maximum absolute atomic E-state index is 11.9. The molecule has 0 saturated carbocycles. The minimum atomic E-state index is -3.63. The number of hydrogen-bond donors (Lipinski definition) is 2. The summed E-state index contributed by atoms with van der Waals surface area (Å²) < 4.78 is 26.1. The van der Waals surface area contributed by atoms with E-state index in [9.17, 15) is 13.2 Å². The third-order valence-corrected chi connectivity index (χ3v) is 4.19. The number of sulfonamides is 1. The number of aryl methyl sites for hydroxylation is 1. The highest BCUT2D eigenvalue weighted by Gasteiger charge is 2.15. The van der Waals surface area contributed by atoms with Gasteiger partial charge in [-0.05, 0) is 32.4 Å². The van der Waals surface area contributed by atoms with Crippen molar-refractivity contribution in [2.24, 2.45) is 0 Å². The van der Waals surface area contributed by atoms with Crippen LogP contribution in [0.15, 0.2) is 29.2 Å². The molecule has 0 saturated heterocycles. The number of nitrogens with one attached hydrogen (secondary N) is 2. The lowest BCUT2D eigenvalue weighted by molar-refractivity contribution is -0.120. The second-order valence-corrected chi connectivity index (χ2v) is 6.28. The fourth-order valence-electron chi connectivity index (χ4n) is 1.39. The van der Waals surface area contributed by atoms with Crippen LogP contribution in [0.3, 0.4) is 0 Å². The van der Waals surface area contributed by atoms with Crippen molar-refractivity contribution in [3.05, 3.63) is 29.8 Å². The van der Waals surface area contributed by atoms with E-state index < -0.39 is 10.0 Å². The van der Waals surface area contributed by atoms with E-state index in [-0.39, 0.29) is 23.4 Å². The van der Waals surface area contributed by atoms with Crippen LogP contribution in [0.5, 0.6) is 0 Å². The van der Waals surface area contributed by atoms with Crippen LogP contribution < -0.4 is 10.0 Å². The molecule has 106 valence electrons. The molecule has 0 aliphatic rings. The van der Waals surface area contributed by atoms with Gasteiger partial charge in [0.05, 0.1) is 11.4 Å². The minimum Gasteiger partial charge on any atom is -0.353 e. The zero-order chi connectivity index (χ0) is 14.5. The highest BCUT2D eigenvalue weighted by Crippen LogP contribution is 2.09. The maximum atomic E-state index is 11.9. The van der Waals surface area contributed by atoms with E-state index in [0.29, 0.717) is 0 Å². The zero-order valence-electron chi connectivity index (χ0n) is 11.4. The molecule has 5 nitrogen and oxygen atoms in total. The Morgan fingerprint density at radius 3 is 2.37 bits per heavy atom. The molecular weight excluding hydrogens is 264 g/mol. The second-order valence-electron chi connectivity index (χ2n) is 4.51. The lowest BCUT2D eigenvalue weighted by atomic mass is 10.2. The van der Waals surface area contributed by atoms with Gasteiger partial charge in [-0.15, -0.1) is 0 Å². The molecule has 1 atom stereocenters. The Labute approximate surface area is 114 Å². The minimum absolute atomic E-state index is 0.0383. The Kier molecular flexibility index (Phi) is 5.50. The molecule has 19 heavy (non-hydrogen) atoms. The van der Waals surface area contributed by atoms with Crippen molar-refractivity contribution in [3.63, 3.8) is 0 Å². The monoisotopic (exact) mass is 284 g/mol. The molecular formula is C13H20N2O3S. The number of carbonyl (C=O) groups excluding carboxylic acids is 1. The smallest absolute Gasteiger partial charge is 0.241 e. The first kappa shape index (κ1) is 15.7. The van der Waals surface area contributed by atoms with Gasteiger partial charge in [-0.3, -0.25) is 4.79 Å². The van der Waals surface area contributed by atoms with Crippen LogP contribution in [0.1, 0.15) is 25.8 Å². The van der Waals surface area contributed by atoms with Crippen molar-refractivity contribution in [2.45, 2.75) is 38.1 Å². The predicted octanol–water partition coefficient (Wildman–Crippen LogP) is 1.19. The first-order chi connectivity index (χ1) is 8.85. The summed E-state index contributed by atoms with van der Waals surface area (Å²) in [5.41, 5.74) is 0.980. The highest BCUT2D eigenvalue weighted by atomic mass is 32.2. The van der Waals surface area contributed by atoms with E-state index in [2.05, 4.69) is 10.0 Å². The van der Waals surface area contributed by atoms with E-state index in [1.807, 2.05) is 20.8 Å². The van der Waals surface area contributed by atoms with Gasteiger partial charge in [0.1, 0.15) is 0 Å². The molecule has 2 N–H and O–H groups in total. The van der Waals surface area contributed by atoms with Gasteiger partial charge in [0.15, 0.2) is 0 Å². The Bertz CT molecular complexity index is 523. The molecule has 0 aliphatic heterocycles. The average molecular weight is 284 g/mol. The number of hydrogen-bond acceptors (Lipinski definition) is 3. The van der Waals surface area contributed by atoms with E-state index in [1.54, 1.807) is 12.1 Å². The van der Waals surface area contributed by atoms with Gasteiger partial charge in [-0.25, -0.2) is 13.1 Å². The van der Waals surface area contributed by atoms with E-state index in [1.165, 1.54) is 12.1 Å². The Morgan fingerprint density at radius 1 is 1.26 bits per heavy atom. The topological polar surface area (TPSA) is 75.3 Å². The largest absolute Gasteiger partial charge is 0.353 e. The molecule has 0 unspecified atom stereocenters. The molecule has 0 bridgehead atoms. The molecule has 6 heteroatoms. The zero-order valence-corrected chi connectivity index (χ0v) is 12.3. The molecule has 1 amide bonds. The van der Waals surface area contributed by atoms with Crippen LogP contribution in [-0.2, 0) is 14.8 Å². The number of carbonyl (C=O) groups is 1. The molecule has 1 aromatic carbocycles. The van der Waals surface area contributed by atoms with Crippen molar-refractivity contribution < 1.29 is 13.2 Å². The molecule has 0 fully saturated rings. The van der Waals surface area contributed by atoms with E-state index >= 15 is 0 Å². The van der Waals surface area contributed by atoms with Gasteiger partial charge in [0.25, 0.3) is 0 Å². The molecule has 1 rings (SSSR count). The van der Waals surface area contributed by atoms with Crippen molar-refractivity contribution in [1.82, 2.24) is 10.0 Å². The van der Waals surface area contributed by atoms with Gasteiger partial charge < -0.3 is 5.32 Å². The van der Waals surface area contributed by atoms with Crippen LogP contribution in [0, 0.1) is 6.92 Å². The standard InChI is InChI=1S/C13H20N2O3S/c1-4-11(3)15-13(16)9-14-19(17,18)12-7-5-10(2)6-8-12/h5-8,11,14H,4,9H2,1-3H3,(H,15,16)/t11-/m0/s1. The summed E-state index contributed by atoms with van der Waals surface area (Å²) in [7, 11) is -3.63. The highest BCUT2D eigenvalue weighted by molar-refractivity contribution is 7.89. The molecule has 0 spiro atoms. The fourth-order valence-corrected chi connectivity index (χ4v) is 2.37. The molecule has 0 aromatic heterocycles. The van der Waals surface area contributed by atoms with Gasteiger partial charge in [-0.1, -0.05) is 24.6 Å². The molecule has 0 heterocycles. The third-order valence-electron chi connectivity index (χ3n) is 2.77. The van der Waals surface area contributed by atoms with Crippen molar-refractivity contribution in [3.8, 4) is 0 Å². The van der Waals surface area contributed by atoms with E-state index in [4.69, 9.17) is 0 Å². The summed E-state index contributed by atoms with van der Waals surface area (Å²) in [5, 5.41) is 2.70. The van der Waals surface area contributed by atoms with Crippen LogP contribution in [0.4, 0.5) is 0 Å². The van der Waals surface area contributed by atoms with Gasteiger partial charge >= 0.3 is 0 Å². The van der Waals surface area contributed by atoms with Crippen molar-refractivity contribution >= 4 is 15.9 Å². The SMILES string of the molecule is CC[C@H](C)NC(=O)CNS(=O)(=O)c1ccc(C)cc1. The van der Waals surface area contributed by atoms with Gasteiger partial charge in [0, 0.05) is 6.04 Å². The quantitative estimate of drug-likeness (QED) is 0.824. The van der Waals surface area contributed by atoms with Gasteiger partial charge in [0.2, 0.25) is 15.9 Å². The van der Waals surface area contributed by atoms with Crippen LogP contribution in [-0.4, -0.2) is 26.9 Å². The predicted molar refractivity (Wildman–Crippen MR) is 74.3 cm³/mol. The van der Waals surface area contributed by atoms with Crippen LogP contribution in [0.2, 0.25) is 0 Å². The third kappa shape index (κ3) is 5.00. The van der Waals surface area contributed by atoms with Crippen LogP contribution >= 0.6 is 0 Å². The lowest BCUT2D eigenvalue weighted by Crippen LogP contribution is -2.40. The summed E-state index contributed by atoms with van der Waals surface area (Å²) in [6.45, 7) is 5.44. The number of rotatable bonds is 6. The molecule has 0 aliphatic carbocycles. The summed E-state index contributed by atoms with van der Waals surface area (Å²) >= 11 is 0. The second kappa shape index (κ2) is 6.68. The van der Waals surface area contributed by atoms with Crippen molar-refractivity contribution in [1.29, 1.82) is 0 Å². The van der Waals surface area contributed by atoms with Crippen molar-refractivity contribution in [2.75, 3.05) is 6.54 Å². The van der Waals surface area contributed by atoms with E-state index in [0.717, 1.165) is 12.0 Å². The summed E-state index contributed by atoms with van der Waals surface area (Å²) in [6, 6.07) is 6.51. The average Bonchev–Trinajstić information content (AvgIpc) is 2.37. The molecule has 0 radical (unpaired) electrons. The Hall–Kier alpha value is -1.40. The summed E-state index contributed by atoms with van der Waals surface area (Å²) in [4.78, 5) is 11.7. The van der Waals surface area contributed by atoms with Crippen LogP contribution in [0.25, 0.3) is 0 Å². The van der Waals surface area contributed by atoms with Gasteiger partial charge in [-0.2, -0.15) is 0 Å². The molecule has 1 aromatic rings. The first-order valence-corrected chi connectivity index (χ1v) is 7.69. The summed E-state index contributed by atoms with van der Waals surface area (Å²) in [6.07, 6.45) is 0.802. The number of amides is 1.